The number of hydrogen-bond acceptors (Lipinski definition) is 6. The summed E-state index contributed by atoms with van der Waals surface area (Å²) in [5.74, 6) is 0.555. The Hall–Kier alpha value is -3.15. The fraction of sp³-hybridized carbons (Fsp3) is 0.348. The number of phenolic OH excluding ortho intramolecular Hbond substituents is 1. The van der Waals surface area contributed by atoms with Crippen molar-refractivity contribution in [2.45, 2.75) is 38.8 Å². The highest BCUT2D eigenvalue weighted by atomic mass is 28.3. The molecule has 2 heterocycles. The number of phenols is 1. The van der Waals surface area contributed by atoms with Crippen LogP contribution in [0, 0.1) is 11.3 Å². The Morgan fingerprint density at radius 2 is 2.06 bits per heavy atom. The lowest BCUT2D eigenvalue weighted by molar-refractivity contribution is 0.0799. The molecule has 0 aliphatic heterocycles. The molecule has 0 fully saturated rings. The largest absolute Gasteiger partial charge is 0.504 e. The first kappa shape index (κ1) is 21.1. The van der Waals surface area contributed by atoms with Crippen LogP contribution in [0.3, 0.4) is 0 Å². The minimum absolute atomic E-state index is 0.124. The number of fused-ring (bicyclic) bond motifs is 3. The van der Waals surface area contributed by atoms with E-state index in [1.807, 2.05) is 22.9 Å². The lowest BCUT2D eigenvalue weighted by atomic mass is 10.1. The third kappa shape index (κ3) is 4.20. The molecule has 1 aliphatic carbocycles. The van der Waals surface area contributed by atoms with Crippen molar-refractivity contribution in [3.05, 3.63) is 47.3 Å². The van der Waals surface area contributed by atoms with E-state index in [4.69, 9.17) is 19.8 Å². The fourth-order valence-electron chi connectivity index (χ4n) is 3.76. The highest BCUT2D eigenvalue weighted by Gasteiger charge is 2.30. The first-order chi connectivity index (χ1) is 14.8. The van der Waals surface area contributed by atoms with Crippen LogP contribution in [0.2, 0.25) is 25.7 Å². The molecule has 0 saturated carbocycles. The second-order valence-electron chi connectivity index (χ2n) is 8.93. The third-order valence-electron chi connectivity index (χ3n) is 5.44. The van der Waals surface area contributed by atoms with Gasteiger partial charge in [-0.05, 0) is 35.9 Å². The van der Waals surface area contributed by atoms with Gasteiger partial charge in [-0.2, -0.15) is 10.4 Å². The van der Waals surface area contributed by atoms with Gasteiger partial charge in [0.15, 0.2) is 11.5 Å². The Morgan fingerprint density at radius 3 is 2.71 bits per heavy atom. The molecule has 31 heavy (non-hydrogen) atoms. The van der Waals surface area contributed by atoms with Crippen molar-refractivity contribution in [3.63, 3.8) is 0 Å². The van der Waals surface area contributed by atoms with Crippen LogP contribution in [0.15, 0.2) is 30.5 Å². The fourth-order valence-corrected chi connectivity index (χ4v) is 4.51. The smallest absolute Gasteiger partial charge is 0.161 e. The predicted molar refractivity (Wildman–Crippen MR) is 121 cm³/mol. The molecular weight excluding hydrogens is 408 g/mol. The minimum atomic E-state index is -1.18. The average molecular weight is 435 g/mol. The van der Waals surface area contributed by atoms with Crippen molar-refractivity contribution in [2.24, 2.45) is 0 Å². The van der Waals surface area contributed by atoms with Crippen LogP contribution in [0.5, 0.6) is 11.5 Å². The molecule has 4 rings (SSSR count). The molecule has 1 aliphatic rings. The van der Waals surface area contributed by atoms with E-state index >= 15 is 0 Å². The number of rotatable bonds is 7. The quantitative estimate of drug-likeness (QED) is 0.342. The Bertz CT molecular complexity index is 1160. The van der Waals surface area contributed by atoms with Gasteiger partial charge in [-0.3, -0.25) is 0 Å². The molecule has 0 unspecified atom stereocenters. The van der Waals surface area contributed by atoms with Crippen molar-refractivity contribution in [2.75, 3.05) is 13.7 Å². The van der Waals surface area contributed by atoms with Crippen molar-refractivity contribution < 1.29 is 14.6 Å². The van der Waals surface area contributed by atoms with Crippen molar-refractivity contribution >= 4 is 8.07 Å². The zero-order valence-corrected chi connectivity index (χ0v) is 19.3. The maximum atomic E-state index is 10.2. The van der Waals surface area contributed by atoms with Crippen LogP contribution in [-0.2, 0) is 17.9 Å². The summed E-state index contributed by atoms with van der Waals surface area (Å²) in [5, 5.41) is 24.1. The van der Waals surface area contributed by atoms with Gasteiger partial charge >= 0.3 is 0 Å². The predicted octanol–water partition coefficient (Wildman–Crippen LogP) is 4.41. The summed E-state index contributed by atoms with van der Waals surface area (Å²) in [7, 11) is 0.361. The second kappa shape index (κ2) is 8.17. The standard InChI is InChI=1S/C23H26N4O3Si/c1-29-21-11-18-16(10-20(21)28)9-19-22(15-5-6-17(12-24)25-13-15)26-27(23(18)19)14-30-7-8-31(2,3)4/h5-6,10-11,13,28H,7-9,14H2,1-4H3. The lowest BCUT2D eigenvalue weighted by Crippen LogP contribution is -2.22. The molecule has 8 heteroatoms. The topological polar surface area (TPSA) is 93.2 Å². The third-order valence-corrected chi connectivity index (χ3v) is 7.14. The summed E-state index contributed by atoms with van der Waals surface area (Å²) in [4.78, 5) is 4.20. The molecule has 1 N–H and O–H groups in total. The van der Waals surface area contributed by atoms with Gasteiger partial charge in [0.25, 0.3) is 0 Å². The number of aromatic nitrogens is 3. The van der Waals surface area contributed by atoms with Gasteiger partial charge in [-0.1, -0.05) is 19.6 Å². The monoisotopic (exact) mass is 434 g/mol. The molecule has 0 amide bonds. The summed E-state index contributed by atoms with van der Waals surface area (Å²) in [5.41, 5.74) is 6.06. The first-order valence-electron chi connectivity index (χ1n) is 10.2. The molecule has 3 aromatic rings. The normalized spacial score (nSPS) is 12.4. The van der Waals surface area contributed by atoms with E-state index in [0.29, 0.717) is 31.2 Å². The van der Waals surface area contributed by atoms with E-state index in [9.17, 15) is 5.11 Å². The number of ether oxygens (including phenoxy) is 2. The number of benzene rings is 1. The van der Waals surface area contributed by atoms with Crippen LogP contribution in [0.4, 0.5) is 0 Å². The first-order valence-corrected chi connectivity index (χ1v) is 14.0. The van der Waals surface area contributed by atoms with E-state index in [1.54, 1.807) is 25.4 Å². The SMILES string of the molecule is COc1cc2c(cc1O)Cc1c(-c3ccc(C#N)nc3)nn(COCC[Si](C)(C)C)c1-2. The molecule has 0 atom stereocenters. The van der Waals surface area contributed by atoms with Crippen LogP contribution in [-0.4, -0.2) is 41.7 Å². The summed E-state index contributed by atoms with van der Waals surface area (Å²) in [6, 6.07) is 10.3. The van der Waals surface area contributed by atoms with Crippen molar-refractivity contribution in [1.29, 1.82) is 5.26 Å². The molecule has 0 spiro atoms. The van der Waals surface area contributed by atoms with E-state index in [0.717, 1.165) is 39.7 Å². The van der Waals surface area contributed by atoms with Crippen LogP contribution < -0.4 is 4.74 Å². The summed E-state index contributed by atoms with van der Waals surface area (Å²) in [6.45, 7) is 8.02. The zero-order valence-electron chi connectivity index (χ0n) is 18.3. The van der Waals surface area contributed by atoms with Gasteiger partial charge in [-0.25, -0.2) is 9.67 Å². The molecule has 2 aromatic heterocycles. The molecule has 160 valence electrons. The molecule has 0 saturated heterocycles. The van der Waals surface area contributed by atoms with E-state index in [-0.39, 0.29) is 5.75 Å². The average Bonchev–Trinajstić information content (AvgIpc) is 3.27. The molecule has 0 radical (unpaired) electrons. The number of aromatic hydroxyl groups is 1. The van der Waals surface area contributed by atoms with E-state index in [2.05, 4.69) is 24.6 Å². The van der Waals surface area contributed by atoms with E-state index < -0.39 is 8.07 Å². The zero-order chi connectivity index (χ0) is 22.2. The maximum Gasteiger partial charge on any atom is 0.161 e. The summed E-state index contributed by atoms with van der Waals surface area (Å²) < 4.78 is 13.2. The van der Waals surface area contributed by atoms with E-state index in [1.165, 1.54) is 0 Å². The van der Waals surface area contributed by atoms with Gasteiger partial charge in [0, 0.05) is 44.0 Å². The summed E-state index contributed by atoms with van der Waals surface area (Å²) in [6.07, 6.45) is 2.32. The van der Waals surface area contributed by atoms with Crippen LogP contribution >= 0.6 is 0 Å². The van der Waals surface area contributed by atoms with Crippen LogP contribution in [0.25, 0.3) is 22.5 Å². The lowest BCUT2D eigenvalue weighted by Gasteiger charge is -2.16. The Morgan fingerprint density at radius 1 is 1.26 bits per heavy atom. The van der Waals surface area contributed by atoms with Gasteiger partial charge in [0.1, 0.15) is 18.5 Å². The Labute approximate surface area is 182 Å². The number of nitrogens with zero attached hydrogens (tertiary/aromatic N) is 4. The van der Waals surface area contributed by atoms with Crippen molar-refractivity contribution in [3.8, 4) is 40.1 Å². The number of pyridine rings is 1. The maximum absolute atomic E-state index is 10.2. The Kier molecular flexibility index (Phi) is 5.56. The number of methoxy groups -OCH3 is 1. The van der Waals surface area contributed by atoms with Gasteiger partial charge < -0.3 is 14.6 Å². The molecule has 1 aromatic carbocycles. The molecular formula is C23H26N4O3Si. The van der Waals surface area contributed by atoms with Gasteiger partial charge in [0.2, 0.25) is 0 Å². The number of hydrogen-bond donors (Lipinski definition) is 1. The molecule has 0 bridgehead atoms. The summed E-state index contributed by atoms with van der Waals surface area (Å²) >= 11 is 0. The Balaban J connectivity index is 1.73. The van der Waals surface area contributed by atoms with Gasteiger partial charge in [0.05, 0.1) is 18.5 Å². The minimum Gasteiger partial charge on any atom is -0.504 e. The van der Waals surface area contributed by atoms with Crippen LogP contribution in [0.1, 0.15) is 16.8 Å². The van der Waals surface area contributed by atoms with Crippen molar-refractivity contribution in [1.82, 2.24) is 14.8 Å². The highest BCUT2D eigenvalue weighted by Crippen LogP contribution is 2.45. The second-order valence-corrected chi connectivity index (χ2v) is 14.5. The van der Waals surface area contributed by atoms with Gasteiger partial charge in [-0.15, -0.1) is 0 Å². The number of nitriles is 1. The highest BCUT2D eigenvalue weighted by molar-refractivity contribution is 6.76. The molecule has 7 nitrogen and oxygen atoms in total.